The highest BCUT2D eigenvalue weighted by Crippen LogP contribution is 2.22. The molecule has 1 aromatic heterocycles. The van der Waals surface area contributed by atoms with Crippen molar-refractivity contribution >= 4 is 27.3 Å². The van der Waals surface area contributed by atoms with E-state index in [0.29, 0.717) is 6.04 Å². The van der Waals surface area contributed by atoms with Crippen molar-refractivity contribution in [3.63, 3.8) is 0 Å². The van der Waals surface area contributed by atoms with Crippen LogP contribution in [0.1, 0.15) is 25.1 Å². The van der Waals surface area contributed by atoms with Gasteiger partial charge in [0.2, 0.25) is 0 Å². The van der Waals surface area contributed by atoms with Crippen LogP contribution in [0.25, 0.3) is 0 Å². The average Bonchev–Trinajstić information content (AvgIpc) is 2.72. The lowest BCUT2D eigenvalue weighted by atomic mass is 10.0. The Hall–Kier alpha value is 0.1000. The fourth-order valence-corrected chi connectivity index (χ4v) is 4.05. The van der Waals surface area contributed by atoms with E-state index in [1.807, 2.05) is 11.3 Å². The molecule has 2 nitrogen and oxygen atoms in total. The van der Waals surface area contributed by atoms with Crippen LogP contribution in [-0.2, 0) is 6.42 Å². The van der Waals surface area contributed by atoms with Crippen LogP contribution in [-0.4, -0.2) is 37.1 Å². The molecule has 1 aromatic rings. The summed E-state index contributed by atoms with van der Waals surface area (Å²) in [6.45, 7) is 9.37. The Labute approximate surface area is 123 Å². The molecule has 0 spiro atoms. The van der Waals surface area contributed by atoms with E-state index in [4.69, 9.17) is 0 Å². The molecule has 2 rings (SSSR count). The average molecular weight is 331 g/mol. The lowest BCUT2D eigenvalue weighted by Gasteiger charge is -2.34. The zero-order valence-electron chi connectivity index (χ0n) is 11.3. The van der Waals surface area contributed by atoms with Gasteiger partial charge < -0.3 is 10.2 Å². The zero-order valence-corrected chi connectivity index (χ0v) is 13.7. The van der Waals surface area contributed by atoms with E-state index in [-0.39, 0.29) is 0 Å². The maximum absolute atomic E-state index is 3.64. The maximum atomic E-state index is 3.64. The van der Waals surface area contributed by atoms with Crippen LogP contribution >= 0.6 is 27.3 Å². The summed E-state index contributed by atoms with van der Waals surface area (Å²) in [4.78, 5) is 4.10. The first-order valence-electron chi connectivity index (χ1n) is 6.83. The molecule has 102 valence electrons. The Morgan fingerprint density at radius 2 is 2.33 bits per heavy atom. The highest BCUT2D eigenvalue weighted by atomic mass is 79.9. The van der Waals surface area contributed by atoms with Crippen molar-refractivity contribution in [2.75, 3.05) is 26.2 Å². The Morgan fingerprint density at radius 3 is 3.00 bits per heavy atom. The van der Waals surface area contributed by atoms with Crippen LogP contribution in [0.3, 0.4) is 0 Å². The summed E-state index contributed by atoms with van der Waals surface area (Å²) in [6, 6.07) is 5.08. The minimum absolute atomic E-state index is 0.689. The number of hydrogen-bond donors (Lipinski definition) is 1. The van der Waals surface area contributed by atoms with Gasteiger partial charge in [-0.2, -0.15) is 0 Å². The van der Waals surface area contributed by atoms with Crippen molar-refractivity contribution in [3.8, 4) is 0 Å². The number of nitrogens with zero attached hydrogens (tertiary/aromatic N) is 1. The summed E-state index contributed by atoms with van der Waals surface area (Å²) in [6.07, 6.45) is 2.48. The van der Waals surface area contributed by atoms with Gasteiger partial charge in [0, 0.05) is 37.1 Å². The lowest BCUT2D eigenvalue weighted by molar-refractivity contribution is 0.188. The smallest absolute Gasteiger partial charge is 0.0701 e. The van der Waals surface area contributed by atoms with Crippen LogP contribution in [0.4, 0.5) is 0 Å². The third-order valence-electron chi connectivity index (χ3n) is 3.40. The van der Waals surface area contributed by atoms with Gasteiger partial charge in [-0.3, -0.25) is 0 Å². The molecule has 0 aromatic carbocycles. The van der Waals surface area contributed by atoms with E-state index in [0.717, 1.165) is 12.5 Å². The first-order valence-corrected chi connectivity index (χ1v) is 8.44. The van der Waals surface area contributed by atoms with E-state index in [9.17, 15) is 0 Å². The molecule has 0 bridgehead atoms. The van der Waals surface area contributed by atoms with Crippen LogP contribution < -0.4 is 5.32 Å². The van der Waals surface area contributed by atoms with Crippen molar-refractivity contribution < 1.29 is 0 Å². The largest absolute Gasteiger partial charge is 0.311 e. The predicted molar refractivity (Wildman–Crippen MR) is 83.4 cm³/mol. The predicted octanol–water partition coefficient (Wildman–Crippen LogP) is 3.37. The summed E-state index contributed by atoms with van der Waals surface area (Å²) in [5.74, 6) is 0.788. The number of hydrogen-bond acceptors (Lipinski definition) is 3. The van der Waals surface area contributed by atoms with E-state index < -0.39 is 0 Å². The molecule has 18 heavy (non-hydrogen) atoms. The molecule has 0 aliphatic carbocycles. The maximum Gasteiger partial charge on any atom is 0.0701 e. The Balaban J connectivity index is 1.75. The van der Waals surface area contributed by atoms with E-state index in [1.54, 1.807) is 0 Å². The number of nitrogens with one attached hydrogen (secondary N) is 1. The van der Waals surface area contributed by atoms with Crippen molar-refractivity contribution in [3.05, 3.63) is 20.8 Å². The Bertz CT molecular complexity index is 364. The number of piperazine rings is 1. The molecule has 1 fully saturated rings. The van der Waals surface area contributed by atoms with Crippen molar-refractivity contribution in [2.45, 2.75) is 32.7 Å². The van der Waals surface area contributed by atoms with E-state index >= 15 is 0 Å². The van der Waals surface area contributed by atoms with Crippen LogP contribution in [0, 0.1) is 5.92 Å². The molecular formula is C14H23BrN2S. The number of thiophene rings is 1. The quantitative estimate of drug-likeness (QED) is 0.890. The molecule has 2 heterocycles. The highest BCUT2D eigenvalue weighted by molar-refractivity contribution is 9.11. The molecule has 1 N–H and O–H groups in total. The van der Waals surface area contributed by atoms with E-state index in [2.05, 4.69) is 52.1 Å². The Morgan fingerprint density at radius 1 is 1.50 bits per heavy atom. The van der Waals surface area contributed by atoms with E-state index in [1.165, 1.54) is 41.1 Å². The Kier molecular flexibility index (Phi) is 5.67. The number of rotatable bonds is 5. The lowest BCUT2D eigenvalue weighted by Crippen LogP contribution is -2.51. The first-order chi connectivity index (χ1) is 8.63. The van der Waals surface area contributed by atoms with Gasteiger partial charge in [-0.25, -0.2) is 0 Å². The molecule has 1 aliphatic heterocycles. The topological polar surface area (TPSA) is 15.3 Å². The second-order valence-corrected chi connectivity index (χ2v) is 8.08. The molecule has 1 atom stereocenters. The van der Waals surface area contributed by atoms with Crippen molar-refractivity contribution in [1.29, 1.82) is 0 Å². The molecule has 1 unspecified atom stereocenters. The van der Waals surface area contributed by atoms with Gasteiger partial charge in [-0.05, 0) is 46.8 Å². The third kappa shape index (κ3) is 4.65. The molecule has 0 saturated carbocycles. The zero-order chi connectivity index (χ0) is 13.0. The van der Waals surface area contributed by atoms with Gasteiger partial charge in [-0.15, -0.1) is 11.3 Å². The molecule has 0 amide bonds. The molecule has 1 saturated heterocycles. The summed E-state index contributed by atoms with van der Waals surface area (Å²) in [5.41, 5.74) is 0. The molecule has 1 aliphatic rings. The van der Waals surface area contributed by atoms with Gasteiger partial charge in [-0.1, -0.05) is 13.8 Å². The summed E-state index contributed by atoms with van der Waals surface area (Å²) >= 11 is 5.39. The van der Waals surface area contributed by atoms with Crippen molar-refractivity contribution in [1.82, 2.24) is 10.2 Å². The SMILES string of the molecule is CC(C)CC1CN(CCc2ccc(Br)s2)CCN1. The molecular weight excluding hydrogens is 308 g/mol. The minimum Gasteiger partial charge on any atom is -0.311 e. The summed E-state index contributed by atoms with van der Waals surface area (Å²) in [5, 5.41) is 3.64. The summed E-state index contributed by atoms with van der Waals surface area (Å²) in [7, 11) is 0. The van der Waals surface area contributed by atoms with Gasteiger partial charge in [0.05, 0.1) is 3.79 Å². The first kappa shape index (κ1) is 14.5. The van der Waals surface area contributed by atoms with Gasteiger partial charge in [0.15, 0.2) is 0 Å². The second-order valence-electron chi connectivity index (χ2n) is 5.54. The van der Waals surface area contributed by atoms with Crippen LogP contribution in [0.15, 0.2) is 15.9 Å². The van der Waals surface area contributed by atoms with Crippen LogP contribution in [0.2, 0.25) is 0 Å². The number of halogens is 1. The standard InChI is InChI=1S/C14H23BrN2S/c1-11(2)9-12-10-17(8-6-16-12)7-5-13-3-4-14(15)18-13/h3-4,11-12,16H,5-10H2,1-2H3. The van der Waals surface area contributed by atoms with Gasteiger partial charge >= 0.3 is 0 Å². The fraction of sp³-hybridized carbons (Fsp3) is 0.714. The van der Waals surface area contributed by atoms with Gasteiger partial charge in [0.25, 0.3) is 0 Å². The summed E-state index contributed by atoms with van der Waals surface area (Å²) < 4.78 is 1.25. The minimum atomic E-state index is 0.689. The molecule has 0 radical (unpaired) electrons. The highest BCUT2D eigenvalue weighted by Gasteiger charge is 2.19. The monoisotopic (exact) mass is 330 g/mol. The normalized spacial score (nSPS) is 21.7. The third-order valence-corrected chi connectivity index (χ3v) is 5.08. The fourth-order valence-electron chi connectivity index (χ4n) is 2.58. The van der Waals surface area contributed by atoms with Crippen molar-refractivity contribution in [2.24, 2.45) is 5.92 Å². The van der Waals surface area contributed by atoms with Crippen LogP contribution in [0.5, 0.6) is 0 Å². The molecule has 4 heteroatoms. The second kappa shape index (κ2) is 7.04. The van der Waals surface area contributed by atoms with Gasteiger partial charge in [0.1, 0.15) is 0 Å².